The molecular formula is C24H29N3O4. The lowest BCUT2D eigenvalue weighted by Crippen LogP contribution is -2.37. The number of hydrogen-bond acceptors (Lipinski definition) is 5. The molecule has 0 heterocycles. The summed E-state index contributed by atoms with van der Waals surface area (Å²) in [5.41, 5.74) is 3.85. The van der Waals surface area contributed by atoms with Crippen molar-refractivity contribution in [2.45, 2.75) is 39.2 Å². The lowest BCUT2D eigenvalue weighted by Gasteiger charge is -2.21. The maximum atomic E-state index is 12.6. The molecule has 0 aliphatic heterocycles. The van der Waals surface area contributed by atoms with E-state index in [1.165, 1.54) is 7.11 Å². The Balaban J connectivity index is 1.52. The second-order valence-electron chi connectivity index (χ2n) is 7.94. The minimum atomic E-state index is -0.453. The molecule has 2 aromatic carbocycles. The monoisotopic (exact) mass is 423 g/mol. The molecular weight excluding hydrogens is 394 g/mol. The molecule has 0 saturated heterocycles. The highest BCUT2D eigenvalue weighted by molar-refractivity contribution is 5.95. The second-order valence-corrected chi connectivity index (χ2v) is 7.94. The fraction of sp³-hybridized carbons (Fsp3) is 0.375. The van der Waals surface area contributed by atoms with E-state index >= 15 is 0 Å². The number of esters is 1. The van der Waals surface area contributed by atoms with Crippen molar-refractivity contribution in [3.05, 3.63) is 59.2 Å². The molecule has 7 heteroatoms. The van der Waals surface area contributed by atoms with Gasteiger partial charge >= 0.3 is 5.97 Å². The van der Waals surface area contributed by atoms with Crippen molar-refractivity contribution in [1.29, 1.82) is 0 Å². The Kier molecular flexibility index (Phi) is 7.41. The molecule has 1 fully saturated rings. The van der Waals surface area contributed by atoms with Crippen molar-refractivity contribution >= 4 is 29.2 Å². The summed E-state index contributed by atoms with van der Waals surface area (Å²) in [6.45, 7) is 4.70. The van der Waals surface area contributed by atoms with Gasteiger partial charge < -0.3 is 15.4 Å². The molecule has 2 aromatic rings. The lowest BCUT2D eigenvalue weighted by atomic mass is 10.1. The molecule has 31 heavy (non-hydrogen) atoms. The third-order valence-electron chi connectivity index (χ3n) is 5.27. The SMILES string of the molecule is COC(=O)c1cccc(NC(=O)CCN(CC(=O)Nc2cc(C)ccc2C)C2CC2)c1. The molecule has 7 nitrogen and oxygen atoms in total. The van der Waals surface area contributed by atoms with Crippen LogP contribution < -0.4 is 10.6 Å². The fourth-order valence-electron chi connectivity index (χ4n) is 3.39. The number of nitrogens with one attached hydrogen (secondary N) is 2. The van der Waals surface area contributed by atoms with Gasteiger partial charge in [0.1, 0.15) is 0 Å². The van der Waals surface area contributed by atoms with Crippen LogP contribution in [0.3, 0.4) is 0 Å². The highest BCUT2D eigenvalue weighted by Gasteiger charge is 2.30. The van der Waals surface area contributed by atoms with Crippen molar-refractivity contribution in [1.82, 2.24) is 4.90 Å². The number of rotatable bonds is 9. The van der Waals surface area contributed by atoms with Crippen molar-refractivity contribution < 1.29 is 19.1 Å². The Bertz CT molecular complexity index is 969. The van der Waals surface area contributed by atoms with E-state index in [0.717, 1.165) is 29.7 Å². The van der Waals surface area contributed by atoms with Gasteiger partial charge in [-0.15, -0.1) is 0 Å². The third-order valence-corrected chi connectivity index (χ3v) is 5.27. The zero-order valence-corrected chi connectivity index (χ0v) is 18.2. The zero-order chi connectivity index (χ0) is 22.4. The second kappa shape index (κ2) is 10.2. The van der Waals surface area contributed by atoms with Crippen LogP contribution in [0.2, 0.25) is 0 Å². The predicted octanol–water partition coefficient (Wildman–Crippen LogP) is 3.52. The van der Waals surface area contributed by atoms with Crippen LogP contribution in [0.1, 0.15) is 40.7 Å². The largest absolute Gasteiger partial charge is 0.465 e. The minimum absolute atomic E-state index is 0.0770. The summed E-state index contributed by atoms with van der Waals surface area (Å²) in [4.78, 5) is 38.7. The Morgan fingerprint density at radius 2 is 1.81 bits per heavy atom. The summed E-state index contributed by atoms with van der Waals surface area (Å²) >= 11 is 0. The van der Waals surface area contributed by atoms with Gasteiger partial charge in [-0.05, 0) is 62.1 Å². The zero-order valence-electron chi connectivity index (χ0n) is 18.2. The number of hydrogen-bond donors (Lipinski definition) is 2. The van der Waals surface area contributed by atoms with Gasteiger partial charge in [0.25, 0.3) is 0 Å². The smallest absolute Gasteiger partial charge is 0.337 e. The molecule has 1 aliphatic carbocycles. The van der Waals surface area contributed by atoms with Crippen molar-refractivity contribution in [2.24, 2.45) is 0 Å². The standard InChI is InChI=1S/C24H29N3O4/c1-16-7-8-17(2)21(13-16)26-23(29)15-27(20-9-10-20)12-11-22(28)25-19-6-4-5-18(14-19)24(30)31-3/h4-8,13-14,20H,9-12,15H2,1-3H3,(H,25,28)(H,26,29). The molecule has 1 saturated carbocycles. The fourth-order valence-corrected chi connectivity index (χ4v) is 3.39. The van der Waals surface area contributed by atoms with E-state index < -0.39 is 5.97 Å². The maximum absolute atomic E-state index is 12.6. The van der Waals surface area contributed by atoms with Gasteiger partial charge in [0.15, 0.2) is 0 Å². The molecule has 0 unspecified atom stereocenters. The number of amides is 2. The van der Waals surface area contributed by atoms with Crippen LogP contribution in [0, 0.1) is 13.8 Å². The Labute approximate surface area is 182 Å². The predicted molar refractivity (Wildman–Crippen MR) is 120 cm³/mol. The topological polar surface area (TPSA) is 87.7 Å². The number of ether oxygens (including phenoxy) is 1. The number of methoxy groups -OCH3 is 1. The van der Waals surface area contributed by atoms with Crippen molar-refractivity contribution in [2.75, 3.05) is 30.8 Å². The van der Waals surface area contributed by atoms with Crippen LogP contribution in [0.25, 0.3) is 0 Å². The number of nitrogens with zero attached hydrogens (tertiary/aromatic N) is 1. The summed E-state index contributed by atoms with van der Waals surface area (Å²) in [5, 5.41) is 5.80. The molecule has 1 aliphatic rings. The van der Waals surface area contributed by atoms with E-state index in [0.29, 0.717) is 23.8 Å². The molecule has 0 spiro atoms. The van der Waals surface area contributed by atoms with E-state index in [1.54, 1.807) is 24.3 Å². The van der Waals surface area contributed by atoms with Gasteiger partial charge in [-0.2, -0.15) is 0 Å². The van der Waals surface area contributed by atoms with Gasteiger partial charge in [0.05, 0.1) is 19.2 Å². The van der Waals surface area contributed by atoms with Crippen LogP contribution in [-0.2, 0) is 14.3 Å². The first-order chi connectivity index (χ1) is 14.9. The first kappa shape index (κ1) is 22.5. The van der Waals surface area contributed by atoms with E-state index in [4.69, 9.17) is 4.74 Å². The summed E-state index contributed by atoms with van der Waals surface area (Å²) in [6.07, 6.45) is 2.34. The van der Waals surface area contributed by atoms with E-state index in [1.807, 2.05) is 32.0 Å². The number of benzene rings is 2. The molecule has 2 N–H and O–H groups in total. The highest BCUT2D eigenvalue weighted by Crippen LogP contribution is 2.27. The summed E-state index contributed by atoms with van der Waals surface area (Å²) < 4.78 is 4.71. The van der Waals surface area contributed by atoms with Crippen LogP contribution in [-0.4, -0.2) is 48.9 Å². The summed E-state index contributed by atoms with van der Waals surface area (Å²) in [5.74, 6) is -0.694. The first-order valence-corrected chi connectivity index (χ1v) is 10.4. The molecule has 2 amide bonds. The van der Waals surface area contributed by atoms with Gasteiger partial charge in [-0.25, -0.2) is 4.79 Å². The van der Waals surface area contributed by atoms with Crippen LogP contribution >= 0.6 is 0 Å². The lowest BCUT2D eigenvalue weighted by molar-refractivity contribution is -0.119. The van der Waals surface area contributed by atoms with Crippen LogP contribution in [0.15, 0.2) is 42.5 Å². The average Bonchev–Trinajstić information content (AvgIpc) is 3.58. The Hall–Kier alpha value is -3.19. The van der Waals surface area contributed by atoms with Gasteiger partial charge in [0, 0.05) is 30.4 Å². The molecule has 164 valence electrons. The normalized spacial score (nSPS) is 13.0. The molecule has 0 aromatic heterocycles. The van der Waals surface area contributed by atoms with Gasteiger partial charge in [-0.3, -0.25) is 14.5 Å². The highest BCUT2D eigenvalue weighted by atomic mass is 16.5. The minimum Gasteiger partial charge on any atom is -0.465 e. The van der Waals surface area contributed by atoms with E-state index in [9.17, 15) is 14.4 Å². The molecule has 0 radical (unpaired) electrons. The maximum Gasteiger partial charge on any atom is 0.337 e. The van der Waals surface area contributed by atoms with Gasteiger partial charge in [-0.1, -0.05) is 18.2 Å². The number of carbonyl (C=O) groups is 3. The van der Waals surface area contributed by atoms with Crippen LogP contribution in [0.4, 0.5) is 11.4 Å². The first-order valence-electron chi connectivity index (χ1n) is 10.4. The van der Waals surface area contributed by atoms with E-state index in [2.05, 4.69) is 15.5 Å². The Morgan fingerprint density at radius 1 is 1.03 bits per heavy atom. The average molecular weight is 424 g/mol. The summed E-state index contributed by atoms with van der Waals surface area (Å²) in [7, 11) is 1.32. The molecule has 0 bridgehead atoms. The third kappa shape index (κ3) is 6.65. The quantitative estimate of drug-likeness (QED) is 0.603. The van der Waals surface area contributed by atoms with Crippen molar-refractivity contribution in [3.63, 3.8) is 0 Å². The number of aryl methyl sites for hydroxylation is 2. The number of carbonyl (C=O) groups excluding carboxylic acids is 3. The number of anilines is 2. The van der Waals surface area contributed by atoms with Gasteiger partial charge in [0.2, 0.25) is 11.8 Å². The van der Waals surface area contributed by atoms with Crippen molar-refractivity contribution in [3.8, 4) is 0 Å². The Morgan fingerprint density at radius 3 is 2.52 bits per heavy atom. The molecule has 0 atom stereocenters. The summed E-state index contributed by atoms with van der Waals surface area (Å²) in [6, 6.07) is 12.9. The molecule has 3 rings (SSSR count). The van der Waals surface area contributed by atoms with E-state index in [-0.39, 0.29) is 24.8 Å². The van der Waals surface area contributed by atoms with Crippen LogP contribution in [0.5, 0.6) is 0 Å².